The van der Waals surface area contributed by atoms with Crippen LogP contribution in [-0.2, 0) is 14.3 Å². The summed E-state index contributed by atoms with van der Waals surface area (Å²) >= 11 is 5.81. The molecule has 6 nitrogen and oxygen atoms in total. The maximum atomic E-state index is 12.4. The number of amides is 2. The van der Waals surface area contributed by atoms with Crippen molar-refractivity contribution >= 4 is 29.4 Å². The van der Waals surface area contributed by atoms with Gasteiger partial charge in [0.2, 0.25) is 0 Å². The van der Waals surface area contributed by atoms with Gasteiger partial charge in [0.05, 0.1) is 0 Å². The van der Waals surface area contributed by atoms with Gasteiger partial charge >= 0.3 is 5.97 Å². The van der Waals surface area contributed by atoms with Crippen LogP contribution in [0.1, 0.15) is 37.6 Å². The Kier molecular flexibility index (Phi) is 8.85. The van der Waals surface area contributed by atoms with Crippen molar-refractivity contribution < 1.29 is 19.1 Å². The first-order valence-corrected chi connectivity index (χ1v) is 8.78. The lowest BCUT2D eigenvalue weighted by atomic mass is 10.0. The maximum absolute atomic E-state index is 12.4. The van der Waals surface area contributed by atoms with Gasteiger partial charge in [-0.2, -0.15) is 0 Å². The SMILES string of the molecule is C=CCNC(=O)[C@@H](C)OC(=O)[C@H](CC(C)C)NC(=O)c1ccc(Cl)cc1. The second kappa shape index (κ2) is 10.6. The molecule has 2 atom stereocenters. The van der Waals surface area contributed by atoms with Crippen molar-refractivity contribution in [3.63, 3.8) is 0 Å². The number of esters is 1. The summed E-state index contributed by atoms with van der Waals surface area (Å²) in [4.78, 5) is 36.6. The Morgan fingerprint density at radius 1 is 1.19 bits per heavy atom. The molecule has 0 saturated heterocycles. The topological polar surface area (TPSA) is 84.5 Å². The van der Waals surface area contributed by atoms with E-state index >= 15 is 0 Å². The molecule has 0 aromatic heterocycles. The summed E-state index contributed by atoms with van der Waals surface area (Å²) in [5.41, 5.74) is 0.382. The molecule has 1 rings (SSSR count). The third kappa shape index (κ3) is 7.27. The molecule has 0 unspecified atom stereocenters. The third-order valence-corrected chi connectivity index (χ3v) is 3.74. The van der Waals surface area contributed by atoms with Crippen molar-refractivity contribution in [2.45, 2.75) is 39.3 Å². The lowest BCUT2D eigenvalue weighted by Crippen LogP contribution is -2.45. The Morgan fingerprint density at radius 3 is 2.35 bits per heavy atom. The van der Waals surface area contributed by atoms with Gasteiger partial charge < -0.3 is 15.4 Å². The number of nitrogens with one attached hydrogen (secondary N) is 2. The van der Waals surface area contributed by atoms with E-state index in [1.54, 1.807) is 24.3 Å². The fourth-order valence-corrected chi connectivity index (χ4v) is 2.28. The normalized spacial score (nSPS) is 12.8. The fraction of sp³-hybridized carbons (Fsp3) is 0.421. The zero-order valence-electron chi connectivity index (χ0n) is 15.3. The molecule has 1 aromatic carbocycles. The van der Waals surface area contributed by atoms with Crippen molar-refractivity contribution in [3.05, 3.63) is 47.5 Å². The predicted molar refractivity (Wildman–Crippen MR) is 101 cm³/mol. The summed E-state index contributed by atoms with van der Waals surface area (Å²) in [5, 5.41) is 5.73. The predicted octanol–water partition coefficient (Wildman–Crippen LogP) is 2.72. The van der Waals surface area contributed by atoms with E-state index in [9.17, 15) is 14.4 Å². The Balaban J connectivity index is 2.76. The van der Waals surface area contributed by atoms with Crippen molar-refractivity contribution in [2.24, 2.45) is 5.92 Å². The number of hydrogen-bond donors (Lipinski definition) is 2. The summed E-state index contributed by atoms with van der Waals surface area (Å²) in [6.07, 6.45) is 0.948. The van der Waals surface area contributed by atoms with Gasteiger partial charge in [0.15, 0.2) is 6.10 Å². The van der Waals surface area contributed by atoms with E-state index in [-0.39, 0.29) is 12.5 Å². The molecular weight excluding hydrogens is 356 g/mol. The first-order chi connectivity index (χ1) is 12.2. The van der Waals surface area contributed by atoms with Gasteiger partial charge in [-0.3, -0.25) is 9.59 Å². The Bertz CT molecular complexity index is 643. The van der Waals surface area contributed by atoms with Crippen LogP contribution in [0.5, 0.6) is 0 Å². The smallest absolute Gasteiger partial charge is 0.329 e. The highest BCUT2D eigenvalue weighted by atomic mass is 35.5. The van der Waals surface area contributed by atoms with Gasteiger partial charge in [-0.1, -0.05) is 31.5 Å². The number of rotatable bonds is 9. The largest absolute Gasteiger partial charge is 0.451 e. The van der Waals surface area contributed by atoms with Gasteiger partial charge in [-0.05, 0) is 43.5 Å². The van der Waals surface area contributed by atoms with Crippen LogP contribution in [0.25, 0.3) is 0 Å². The number of ether oxygens (including phenoxy) is 1. The van der Waals surface area contributed by atoms with Crippen LogP contribution in [0.2, 0.25) is 5.02 Å². The molecule has 0 radical (unpaired) electrons. The molecule has 0 aliphatic carbocycles. The molecule has 0 aliphatic rings. The van der Waals surface area contributed by atoms with Crippen LogP contribution in [-0.4, -0.2) is 36.5 Å². The monoisotopic (exact) mass is 380 g/mol. The number of hydrogen-bond acceptors (Lipinski definition) is 4. The fourth-order valence-electron chi connectivity index (χ4n) is 2.15. The first kappa shape index (κ1) is 21.7. The molecule has 2 amide bonds. The Hall–Kier alpha value is -2.34. The maximum Gasteiger partial charge on any atom is 0.329 e. The van der Waals surface area contributed by atoms with Crippen LogP contribution in [0, 0.1) is 5.92 Å². The number of halogens is 1. The third-order valence-electron chi connectivity index (χ3n) is 3.49. The Labute approximate surface area is 158 Å². The quantitative estimate of drug-likeness (QED) is 0.509. The van der Waals surface area contributed by atoms with E-state index in [0.717, 1.165) is 0 Å². The highest BCUT2D eigenvalue weighted by Crippen LogP contribution is 2.12. The minimum absolute atomic E-state index is 0.142. The molecule has 7 heteroatoms. The molecule has 0 fully saturated rings. The molecule has 0 aliphatic heterocycles. The summed E-state index contributed by atoms with van der Waals surface area (Å²) in [7, 11) is 0. The van der Waals surface area contributed by atoms with E-state index in [2.05, 4.69) is 17.2 Å². The second-order valence-corrected chi connectivity index (χ2v) is 6.71. The summed E-state index contributed by atoms with van der Waals surface area (Å²) < 4.78 is 5.21. The molecule has 0 saturated carbocycles. The van der Waals surface area contributed by atoms with Crippen molar-refractivity contribution in [1.82, 2.24) is 10.6 Å². The summed E-state index contributed by atoms with van der Waals surface area (Å²) in [6, 6.07) is 5.48. The van der Waals surface area contributed by atoms with Gasteiger partial charge in [-0.15, -0.1) is 6.58 Å². The van der Waals surface area contributed by atoms with Gasteiger partial charge in [0, 0.05) is 17.1 Å². The van der Waals surface area contributed by atoms with Crippen LogP contribution < -0.4 is 10.6 Å². The molecule has 0 bridgehead atoms. The average Bonchev–Trinajstić information content (AvgIpc) is 2.58. The van der Waals surface area contributed by atoms with Crippen LogP contribution in [0.15, 0.2) is 36.9 Å². The first-order valence-electron chi connectivity index (χ1n) is 8.40. The highest BCUT2D eigenvalue weighted by Gasteiger charge is 2.27. The molecule has 0 heterocycles. The van der Waals surface area contributed by atoms with Crippen LogP contribution in [0.4, 0.5) is 0 Å². The molecule has 0 spiro atoms. The standard InChI is InChI=1S/C19H25ClN2O4/c1-5-10-21-17(23)13(4)26-19(25)16(11-12(2)3)22-18(24)14-6-8-15(20)9-7-14/h5-9,12-13,16H,1,10-11H2,2-4H3,(H,21,23)(H,22,24)/t13-,16+/m1/s1. The van der Waals surface area contributed by atoms with E-state index in [1.807, 2.05) is 13.8 Å². The zero-order valence-corrected chi connectivity index (χ0v) is 16.0. The minimum atomic E-state index is -0.968. The van der Waals surface area contributed by atoms with E-state index in [0.29, 0.717) is 17.0 Å². The average molecular weight is 381 g/mol. The molecule has 26 heavy (non-hydrogen) atoms. The minimum Gasteiger partial charge on any atom is -0.451 e. The van der Waals surface area contributed by atoms with Gasteiger partial charge in [0.1, 0.15) is 6.04 Å². The molecule has 2 N–H and O–H groups in total. The van der Waals surface area contributed by atoms with Gasteiger partial charge in [0.25, 0.3) is 11.8 Å². The van der Waals surface area contributed by atoms with E-state index < -0.39 is 29.9 Å². The number of carbonyl (C=O) groups is 3. The molecular formula is C19H25ClN2O4. The van der Waals surface area contributed by atoms with Gasteiger partial charge in [-0.25, -0.2) is 4.79 Å². The Morgan fingerprint density at radius 2 is 1.81 bits per heavy atom. The number of carbonyl (C=O) groups excluding carboxylic acids is 3. The van der Waals surface area contributed by atoms with Crippen LogP contribution in [0.3, 0.4) is 0 Å². The van der Waals surface area contributed by atoms with Crippen molar-refractivity contribution in [3.8, 4) is 0 Å². The zero-order chi connectivity index (χ0) is 19.7. The van der Waals surface area contributed by atoms with Crippen molar-refractivity contribution in [2.75, 3.05) is 6.54 Å². The number of benzene rings is 1. The lowest BCUT2D eigenvalue weighted by molar-refractivity contribution is -0.156. The summed E-state index contributed by atoms with van der Waals surface area (Å²) in [6.45, 7) is 9.11. The molecule has 1 aromatic rings. The summed E-state index contributed by atoms with van der Waals surface area (Å²) in [5.74, 6) is -1.34. The second-order valence-electron chi connectivity index (χ2n) is 6.28. The van der Waals surface area contributed by atoms with Crippen molar-refractivity contribution in [1.29, 1.82) is 0 Å². The van der Waals surface area contributed by atoms with Crippen LogP contribution >= 0.6 is 11.6 Å². The van der Waals surface area contributed by atoms with E-state index in [4.69, 9.17) is 16.3 Å². The lowest BCUT2D eigenvalue weighted by Gasteiger charge is -2.21. The molecule has 142 valence electrons. The van der Waals surface area contributed by atoms with E-state index in [1.165, 1.54) is 13.0 Å². The highest BCUT2D eigenvalue weighted by molar-refractivity contribution is 6.30.